The van der Waals surface area contributed by atoms with Gasteiger partial charge >= 0.3 is 0 Å². The summed E-state index contributed by atoms with van der Waals surface area (Å²) in [5, 5.41) is 2.56. The van der Waals surface area contributed by atoms with Crippen LogP contribution in [0.2, 0.25) is 0 Å². The minimum atomic E-state index is -0.149. The third-order valence-electron chi connectivity index (χ3n) is 1.56. The van der Waals surface area contributed by atoms with Gasteiger partial charge in [-0.25, -0.2) is 9.97 Å². The maximum Gasteiger partial charge on any atom is 0.222 e. The van der Waals surface area contributed by atoms with E-state index >= 15 is 0 Å². The Labute approximate surface area is 74.2 Å². The van der Waals surface area contributed by atoms with Crippen molar-refractivity contribution < 1.29 is 4.79 Å². The molecular weight excluding hydrogens is 168 g/mol. The highest BCUT2D eigenvalue weighted by molar-refractivity contribution is 5.88. The summed E-state index contributed by atoms with van der Waals surface area (Å²) in [6.45, 7) is 1.43. The molecular formula is C8H8N4O. The van der Waals surface area contributed by atoms with E-state index in [4.69, 9.17) is 0 Å². The van der Waals surface area contributed by atoms with Crippen LogP contribution in [0.3, 0.4) is 0 Å². The fourth-order valence-electron chi connectivity index (χ4n) is 1.07. The minimum Gasteiger partial charge on any atom is -0.345 e. The Morgan fingerprint density at radius 1 is 1.62 bits per heavy atom. The SMILES string of the molecule is CC(=O)Nc1cnc2[nH]ccc2n1. The molecule has 1 amide bonds. The first-order valence-electron chi connectivity index (χ1n) is 3.83. The van der Waals surface area contributed by atoms with E-state index in [1.54, 1.807) is 12.3 Å². The Morgan fingerprint density at radius 2 is 2.46 bits per heavy atom. The van der Waals surface area contributed by atoms with E-state index in [9.17, 15) is 4.79 Å². The number of hydrogen-bond donors (Lipinski definition) is 2. The number of anilines is 1. The summed E-state index contributed by atoms with van der Waals surface area (Å²) >= 11 is 0. The van der Waals surface area contributed by atoms with Gasteiger partial charge in [-0.05, 0) is 6.07 Å². The maximum atomic E-state index is 10.7. The highest BCUT2D eigenvalue weighted by Gasteiger charge is 2.00. The zero-order valence-corrected chi connectivity index (χ0v) is 7.03. The summed E-state index contributed by atoms with van der Waals surface area (Å²) in [6, 6.07) is 1.80. The van der Waals surface area contributed by atoms with Crippen molar-refractivity contribution in [3.05, 3.63) is 18.5 Å². The quantitative estimate of drug-likeness (QED) is 0.678. The maximum absolute atomic E-state index is 10.7. The van der Waals surface area contributed by atoms with E-state index in [0.29, 0.717) is 11.5 Å². The lowest BCUT2D eigenvalue weighted by atomic mass is 10.5. The lowest BCUT2D eigenvalue weighted by molar-refractivity contribution is -0.114. The number of hydrogen-bond acceptors (Lipinski definition) is 3. The topological polar surface area (TPSA) is 70.7 Å². The van der Waals surface area contributed by atoms with Crippen molar-refractivity contribution in [3.8, 4) is 0 Å². The number of carbonyl (C=O) groups excluding carboxylic acids is 1. The number of nitrogens with one attached hydrogen (secondary N) is 2. The second-order valence-electron chi connectivity index (χ2n) is 2.65. The normalized spacial score (nSPS) is 10.2. The summed E-state index contributed by atoms with van der Waals surface area (Å²) < 4.78 is 0. The largest absolute Gasteiger partial charge is 0.345 e. The van der Waals surface area contributed by atoms with E-state index < -0.39 is 0 Å². The molecule has 66 valence electrons. The van der Waals surface area contributed by atoms with E-state index in [0.717, 1.165) is 5.52 Å². The van der Waals surface area contributed by atoms with Crippen molar-refractivity contribution in [1.82, 2.24) is 15.0 Å². The minimum absolute atomic E-state index is 0.149. The van der Waals surface area contributed by atoms with Gasteiger partial charge in [0.2, 0.25) is 5.91 Å². The first kappa shape index (κ1) is 7.72. The summed E-state index contributed by atoms with van der Waals surface area (Å²) in [6.07, 6.45) is 3.27. The van der Waals surface area contributed by atoms with Crippen LogP contribution >= 0.6 is 0 Å². The molecule has 0 aromatic carbocycles. The van der Waals surface area contributed by atoms with Crippen molar-refractivity contribution in [3.63, 3.8) is 0 Å². The predicted molar refractivity (Wildman–Crippen MR) is 48.2 cm³/mol. The molecule has 0 unspecified atom stereocenters. The molecule has 13 heavy (non-hydrogen) atoms. The highest BCUT2D eigenvalue weighted by atomic mass is 16.1. The second-order valence-corrected chi connectivity index (χ2v) is 2.65. The Balaban J connectivity index is 2.42. The number of fused-ring (bicyclic) bond motifs is 1. The molecule has 2 aromatic heterocycles. The van der Waals surface area contributed by atoms with Crippen molar-refractivity contribution in [2.45, 2.75) is 6.92 Å². The van der Waals surface area contributed by atoms with E-state index in [2.05, 4.69) is 20.3 Å². The standard InChI is InChI=1S/C8H8N4O/c1-5(13)11-7-4-10-8-6(12-7)2-3-9-8/h2-4H,1H3,(H,9,10)(H,11,12,13). The Morgan fingerprint density at radius 3 is 3.23 bits per heavy atom. The van der Waals surface area contributed by atoms with Gasteiger partial charge in [-0.1, -0.05) is 0 Å². The van der Waals surface area contributed by atoms with Crippen LogP contribution in [0, 0.1) is 0 Å². The molecule has 0 bridgehead atoms. The number of aromatic nitrogens is 3. The Hall–Kier alpha value is -1.91. The van der Waals surface area contributed by atoms with Crippen LogP contribution in [-0.4, -0.2) is 20.9 Å². The van der Waals surface area contributed by atoms with Crippen LogP contribution in [-0.2, 0) is 4.79 Å². The van der Waals surface area contributed by atoms with E-state index in [1.807, 2.05) is 0 Å². The molecule has 2 heterocycles. The zero-order chi connectivity index (χ0) is 9.26. The van der Waals surface area contributed by atoms with Gasteiger partial charge in [0.1, 0.15) is 5.52 Å². The number of amides is 1. The van der Waals surface area contributed by atoms with Crippen molar-refractivity contribution in [2.75, 3.05) is 5.32 Å². The molecule has 0 atom stereocenters. The van der Waals surface area contributed by atoms with Crippen LogP contribution < -0.4 is 5.32 Å². The van der Waals surface area contributed by atoms with E-state index in [-0.39, 0.29) is 5.91 Å². The Kier molecular flexibility index (Phi) is 1.70. The van der Waals surface area contributed by atoms with Gasteiger partial charge in [-0.15, -0.1) is 0 Å². The molecule has 0 saturated carbocycles. The van der Waals surface area contributed by atoms with Gasteiger partial charge in [0.25, 0.3) is 0 Å². The highest BCUT2D eigenvalue weighted by Crippen LogP contribution is 2.09. The fourth-order valence-corrected chi connectivity index (χ4v) is 1.07. The van der Waals surface area contributed by atoms with Gasteiger partial charge in [-0.3, -0.25) is 4.79 Å². The van der Waals surface area contributed by atoms with Gasteiger partial charge in [0.15, 0.2) is 11.5 Å². The average molecular weight is 176 g/mol. The third kappa shape index (κ3) is 1.48. The van der Waals surface area contributed by atoms with Gasteiger partial charge in [-0.2, -0.15) is 0 Å². The lowest BCUT2D eigenvalue weighted by Gasteiger charge is -1.98. The van der Waals surface area contributed by atoms with Crippen molar-refractivity contribution >= 4 is 22.9 Å². The second kappa shape index (κ2) is 2.85. The smallest absolute Gasteiger partial charge is 0.222 e. The molecule has 5 nitrogen and oxygen atoms in total. The van der Waals surface area contributed by atoms with Crippen LogP contribution in [0.15, 0.2) is 18.5 Å². The monoisotopic (exact) mass is 176 g/mol. The molecule has 2 N–H and O–H groups in total. The Bertz CT molecular complexity index is 448. The first-order chi connectivity index (χ1) is 6.25. The molecule has 0 aliphatic rings. The van der Waals surface area contributed by atoms with Crippen LogP contribution in [0.25, 0.3) is 11.2 Å². The zero-order valence-electron chi connectivity index (χ0n) is 7.03. The summed E-state index contributed by atoms with van der Waals surface area (Å²) in [7, 11) is 0. The van der Waals surface area contributed by atoms with Crippen LogP contribution in [0.4, 0.5) is 5.82 Å². The predicted octanol–water partition coefficient (Wildman–Crippen LogP) is 0.916. The first-order valence-corrected chi connectivity index (χ1v) is 3.83. The summed E-state index contributed by atoms with van der Waals surface area (Å²) in [4.78, 5) is 21.8. The van der Waals surface area contributed by atoms with Crippen LogP contribution in [0.1, 0.15) is 6.92 Å². The number of carbonyl (C=O) groups is 1. The number of nitrogens with zero attached hydrogens (tertiary/aromatic N) is 2. The molecule has 2 aromatic rings. The number of aromatic amines is 1. The molecule has 5 heteroatoms. The van der Waals surface area contributed by atoms with Gasteiger partial charge in [0, 0.05) is 13.1 Å². The fraction of sp³-hybridized carbons (Fsp3) is 0.125. The molecule has 0 saturated heterocycles. The molecule has 0 radical (unpaired) electrons. The molecule has 0 spiro atoms. The molecule has 0 aliphatic carbocycles. The molecule has 2 rings (SSSR count). The lowest BCUT2D eigenvalue weighted by Crippen LogP contribution is -2.07. The molecule has 0 aliphatic heterocycles. The summed E-state index contributed by atoms with van der Waals surface area (Å²) in [5.41, 5.74) is 1.46. The average Bonchev–Trinajstić information content (AvgIpc) is 2.49. The van der Waals surface area contributed by atoms with E-state index in [1.165, 1.54) is 13.1 Å². The van der Waals surface area contributed by atoms with Crippen molar-refractivity contribution in [2.24, 2.45) is 0 Å². The number of rotatable bonds is 1. The van der Waals surface area contributed by atoms with Gasteiger partial charge < -0.3 is 10.3 Å². The molecule has 0 fully saturated rings. The van der Waals surface area contributed by atoms with Crippen molar-refractivity contribution in [1.29, 1.82) is 0 Å². The number of H-pyrrole nitrogens is 1. The third-order valence-corrected chi connectivity index (χ3v) is 1.56. The summed E-state index contributed by atoms with van der Waals surface area (Å²) in [5.74, 6) is 0.323. The van der Waals surface area contributed by atoms with Crippen LogP contribution in [0.5, 0.6) is 0 Å². The van der Waals surface area contributed by atoms with Gasteiger partial charge in [0.05, 0.1) is 6.20 Å².